The Kier molecular flexibility index (Phi) is 2.97. The summed E-state index contributed by atoms with van der Waals surface area (Å²) in [7, 11) is 0. The minimum atomic E-state index is -0.600. The van der Waals surface area contributed by atoms with Crippen LogP contribution < -0.4 is 14.8 Å². The molecule has 5 heteroatoms. The van der Waals surface area contributed by atoms with E-state index in [4.69, 9.17) is 9.47 Å². The van der Waals surface area contributed by atoms with Crippen LogP contribution in [-0.2, 0) is 0 Å². The molecule has 5 nitrogen and oxygen atoms in total. The first kappa shape index (κ1) is 12.7. The molecule has 0 aliphatic carbocycles. The molecule has 2 aromatic rings. The summed E-state index contributed by atoms with van der Waals surface area (Å²) in [6.45, 7) is 5.82. The van der Waals surface area contributed by atoms with Crippen LogP contribution >= 0.6 is 0 Å². The second-order valence-electron chi connectivity index (χ2n) is 5.26. The van der Waals surface area contributed by atoms with Gasteiger partial charge in [-0.25, -0.2) is 0 Å². The van der Waals surface area contributed by atoms with Gasteiger partial charge in [-0.05, 0) is 19.1 Å². The zero-order valence-electron chi connectivity index (χ0n) is 11.8. The molecular weight excluding hydrogens is 254 g/mol. The van der Waals surface area contributed by atoms with Gasteiger partial charge in [0.1, 0.15) is 0 Å². The summed E-state index contributed by atoms with van der Waals surface area (Å²) in [5.41, 5.74) is 1.86. The molecule has 1 unspecified atom stereocenters. The predicted molar refractivity (Wildman–Crippen MR) is 75.8 cm³/mol. The first-order valence-corrected chi connectivity index (χ1v) is 6.58. The molecule has 0 spiro atoms. The number of fused-ring (bicyclic) bond motifs is 1. The van der Waals surface area contributed by atoms with Crippen LogP contribution in [0.2, 0.25) is 0 Å². The fourth-order valence-electron chi connectivity index (χ4n) is 2.17. The molecule has 104 valence electrons. The van der Waals surface area contributed by atoms with Crippen LogP contribution in [0.1, 0.15) is 32.5 Å². The van der Waals surface area contributed by atoms with E-state index in [-0.39, 0.29) is 6.04 Å². The van der Waals surface area contributed by atoms with Crippen molar-refractivity contribution in [2.24, 2.45) is 0 Å². The van der Waals surface area contributed by atoms with Gasteiger partial charge in [0, 0.05) is 38.0 Å². The van der Waals surface area contributed by atoms with E-state index in [0.717, 1.165) is 22.9 Å². The van der Waals surface area contributed by atoms with Crippen molar-refractivity contribution in [1.29, 1.82) is 0 Å². The number of aromatic nitrogens is 2. The lowest BCUT2D eigenvalue weighted by Gasteiger charge is -2.16. The van der Waals surface area contributed by atoms with Crippen LogP contribution in [0.15, 0.2) is 36.8 Å². The van der Waals surface area contributed by atoms with Gasteiger partial charge >= 0.3 is 0 Å². The van der Waals surface area contributed by atoms with Crippen molar-refractivity contribution >= 4 is 5.69 Å². The van der Waals surface area contributed by atoms with Crippen LogP contribution in [-0.4, -0.2) is 15.8 Å². The molecule has 1 aromatic carbocycles. The van der Waals surface area contributed by atoms with Crippen molar-refractivity contribution in [2.75, 3.05) is 5.32 Å². The van der Waals surface area contributed by atoms with Crippen LogP contribution in [0.25, 0.3) is 0 Å². The summed E-state index contributed by atoms with van der Waals surface area (Å²) in [4.78, 5) is 8.37. The summed E-state index contributed by atoms with van der Waals surface area (Å²) in [5, 5.41) is 3.38. The largest absolute Gasteiger partial charge is 0.449 e. The molecule has 0 saturated heterocycles. The third kappa shape index (κ3) is 2.52. The first-order chi connectivity index (χ1) is 9.53. The maximum atomic E-state index is 5.73. The van der Waals surface area contributed by atoms with Crippen molar-refractivity contribution in [3.63, 3.8) is 0 Å². The maximum Gasteiger partial charge on any atom is 0.246 e. The number of benzene rings is 1. The highest BCUT2D eigenvalue weighted by molar-refractivity contribution is 5.56. The SMILES string of the molecule is CC(Nc1ccc2c(c1)OC(C)(C)O2)c1cnccn1. The lowest BCUT2D eigenvalue weighted by molar-refractivity contribution is -0.0431. The Balaban J connectivity index is 1.77. The van der Waals surface area contributed by atoms with Crippen molar-refractivity contribution in [3.8, 4) is 11.5 Å². The lowest BCUT2D eigenvalue weighted by atomic mass is 10.2. The van der Waals surface area contributed by atoms with Gasteiger partial charge in [0.2, 0.25) is 5.79 Å². The topological polar surface area (TPSA) is 56.3 Å². The Morgan fingerprint density at radius 2 is 1.95 bits per heavy atom. The Hall–Kier alpha value is -2.30. The summed E-state index contributed by atoms with van der Waals surface area (Å²) in [6, 6.07) is 5.89. The standard InChI is InChI=1S/C15H17N3O2/c1-10(12-9-16-6-7-17-12)18-11-4-5-13-14(8-11)20-15(2,3)19-13/h4-10,18H,1-3H3. The molecule has 2 heterocycles. The predicted octanol–water partition coefficient (Wildman–Crippen LogP) is 3.16. The highest BCUT2D eigenvalue weighted by atomic mass is 16.7. The van der Waals surface area contributed by atoms with Crippen LogP contribution in [0.5, 0.6) is 11.5 Å². The van der Waals surface area contributed by atoms with E-state index in [1.807, 2.05) is 39.0 Å². The van der Waals surface area contributed by atoms with Gasteiger partial charge in [-0.3, -0.25) is 9.97 Å². The zero-order chi connectivity index (χ0) is 14.2. The molecular formula is C15H17N3O2. The molecule has 0 saturated carbocycles. The number of rotatable bonds is 3. The Morgan fingerprint density at radius 1 is 1.15 bits per heavy atom. The van der Waals surface area contributed by atoms with E-state index in [0.29, 0.717) is 0 Å². The van der Waals surface area contributed by atoms with E-state index in [1.165, 1.54) is 0 Å². The number of anilines is 1. The van der Waals surface area contributed by atoms with E-state index < -0.39 is 5.79 Å². The number of hydrogen-bond donors (Lipinski definition) is 1. The van der Waals surface area contributed by atoms with Gasteiger partial charge < -0.3 is 14.8 Å². The summed E-state index contributed by atoms with van der Waals surface area (Å²) in [6.07, 6.45) is 5.11. The summed E-state index contributed by atoms with van der Waals surface area (Å²) >= 11 is 0. The quantitative estimate of drug-likeness (QED) is 0.929. The normalized spacial score (nSPS) is 16.8. The highest BCUT2D eigenvalue weighted by Gasteiger charge is 2.31. The molecule has 20 heavy (non-hydrogen) atoms. The maximum absolute atomic E-state index is 5.73. The third-order valence-electron chi connectivity index (χ3n) is 3.07. The molecule has 3 rings (SSSR count). The fraction of sp³-hybridized carbons (Fsp3) is 0.333. The Labute approximate surface area is 118 Å². The molecule has 1 aromatic heterocycles. The average Bonchev–Trinajstić information content (AvgIpc) is 2.73. The average molecular weight is 271 g/mol. The zero-order valence-corrected chi connectivity index (χ0v) is 11.8. The summed E-state index contributed by atoms with van der Waals surface area (Å²) < 4.78 is 11.4. The first-order valence-electron chi connectivity index (χ1n) is 6.58. The van der Waals surface area contributed by atoms with Gasteiger partial charge in [0.25, 0.3) is 0 Å². The molecule has 0 fully saturated rings. The number of nitrogens with zero attached hydrogens (tertiary/aromatic N) is 2. The van der Waals surface area contributed by atoms with Crippen molar-refractivity contribution < 1.29 is 9.47 Å². The van der Waals surface area contributed by atoms with Crippen molar-refractivity contribution in [3.05, 3.63) is 42.5 Å². The van der Waals surface area contributed by atoms with Crippen LogP contribution in [0.3, 0.4) is 0 Å². The molecule has 0 radical (unpaired) electrons. The van der Waals surface area contributed by atoms with Crippen LogP contribution in [0.4, 0.5) is 5.69 Å². The Morgan fingerprint density at radius 3 is 2.70 bits per heavy atom. The van der Waals surface area contributed by atoms with Crippen LogP contribution in [0, 0.1) is 0 Å². The molecule has 0 bridgehead atoms. The highest BCUT2D eigenvalue weighted by Crippen LogP contribution is 2.41. The number of hydrogen-bond acceptors (Lipinski definition) is 5. The van der Waals surface area contributed by atoms with E-state index in [9.17, 15) is 0 Å². The summed E-state index contributed by atoms with van der Waals surface area (Å²) in [5.74, 6) is 0.927. The van der Waals surface area contributed by atoms with Gasteiger partial charge in [-0.1, -0.05) is 0 Å². The lowest BCUT2D eigenvalue weighted by Crippen LogP contribution is -2.29. The third-order valence-corrected chi connectivity index (χ3v) is 3.07. The molecule has 1 N–H and O–H groups in total. The van der Waals surface area contributed by atoms with Gasteiger partial charge in [-0.2, -0.15) is 0 Å². The van der Waals surface area contributed by atoms with E-state index >= 15 is 0 Å². The second kappa shape index (κ2) is 4.67. The number of nitrogens with one attached hydrogen (secondary N) is 1. The molecule has 0 amide bonds. The number of ether oxygens (including phenoxy) is 2. The van der Waals surface area contributed by atoms with Gasteiger partial charge in [0.15, 0.2) is 11.5 Å². The van der Waals surface area contributed by atoms with Gasteiger partial charge in [-0.15, -0.1) is 0 Å². The molecule has 1 aliphatic rings. The van der Waals surface area contributed by atoms with E-state index in [2.05, 4.69) is 15.3 Å². The molecule has 1 atom stereocenters. The fourth-order valence-corrected chi connectivity index (χ4v) is 2.17. The smallest absolute Gasteiger partial charge is 0.246 e. The van der Waals surface area contributed by atoms with Gasteiger partial charge in [0.05, 0.1) is 17.9 Å². The monoisotopic (exact) mass is 271 g/mol. The van der Waals surface area contributed by atoms with E-state index in [1.54, 1.807) is 18.6 Å². The van der Waals surface area contributed by atoms with Crippen molar-refractivity contribution in [1.82, 2.24) is 9.97 Å². The second-order valence-corrected chi connectivity index (χ2v) is 5.26. The minimum absolute atomic E-state index is 0.0667. The Bertz CT molecular complexity index is 614. The van der Waals surface area contributed by atoms with Crippen molar-refractivity contribution in [2.45, 2.75) is 32.6 Å². The molecule has 1 aliphatic heterocycles. The minimum Gasteiger partial charge on any atom is -0.449 e.